The van der Waals surface area contributed by atoms with Crippen molar-refractivity contribution in [2.75, 3.05) is 47.0 Å². The number of benzene rings is 2. The first-order valence-electron chi connectivity index (χ1n) is 10.7. The zero-order chi connectivity index (χ0) is 21.2. The highest BCUT2D eigenvalue weighted by Gasteiger charge is 2.13. The number of aliphatic imine (C=N–C) groups is 1. The van der Waals surface area contributed by atoms with Gasteiger partial charge in [-0.3, -0.25) is 4.90 Å². The summed E-state index contributed by atoms with van der Waals surface area (Å²) in [4.78, 5) is 9.53. The van der Waals surface area contributed by atoms with Crippen LogP contribution in [0, 0.1) is 0 Å². The zero-order valence-corrected chi connectivity index (χ0v) is 18.4. The minimum atomic E-state index is 0.652. The van der Waals surface area contributed by atoms with Crippen LogP contribution in [0.15, 0.2) is 53.5 Å². The molecule has 0 aliphatic carbocycles. The van der Waals surface area contributed by atoms with Gasteiger partial charge in [-0.15, -0.1) is 0 Å². The molecule has 1 aliphatic rings. The number of hydrogen-bond donors (Lipinski definition) is 1. The number of morpholine rings is 1. The smallest absolute Gasteiger partial charge is 0.194 e. The third kappa shape index (κ3) is 6.21. The molecule has 2 aromatic rings. The first-order chi connectivity index (χ1) is 14.7. The third-order valence-corrected chi connectivity index (χ3v) is 5.31. The minimum Gasteiger partial charge on any atom is -0.496 e. The van der Waals surface area contributed by atoms with Crippen molar-refractivity contribution in [3.05, 3.63) is 65.2 Å². The Morgan fingerprint density at radius 2 is 1.73 bits per heavy atom. The molecule has 6 heteroatoms. The summed E-state index contributed by atoms with van der Waals surface area (Å²) in [6.07, 6.45) is 0. The second kappa shape index (κ2) is 11.6. The molecule has 1 heterocycles. The first-order valence-corrected chi connectivity index (χ1v) is 10.7. The number of nitrogens with zero attached hydrogens (tertiary/aromatic N) is 3. The molecule has 0 unspecified atom stereocenters. The second-order valence-corrected chi connectivity index (χ2v) is 7.50. The summed E-state index contributed by atoms with van der Waals surface area (Å²) >= 11 is 0. The molecule has 0 radical (unpaired) electrons. The summed E-state index contributed by atoms with van der Waals surface area (Å²) < 4.78 is 11.0. The number of methoxy groups -OCH3 is 1. The Bertz CT molecular complexity index is 818. The SMILES string of the molecule is CCNC(=NCc1ccccc1CN1CCOCC1)N(C)Cc1ccccc1OC. The average Bonchev–Trinajstić information content (AvgIpc) is 2.78. The van der Waals surface area contributed by atoms with Crippen LogP contribution in [0.25, 0.3) is 0 Å². The van der Waals surface area contributed by atoms with E-state index in [0.717, 1.165) is 63.2 Å². The number of para-hydroxylation sites is 1. The number of ether oxygens (including phenoxy) is 2. The summed E-state index contributed by atoms with van der Waals surface area (Å²) in [5.41, 5.74) is 3.75. The van der Waals surface area contributed by atoms with E-state index in [1.165, 1.54) is 11.1 Å². The molecule has 0 spiro atoms. The van der Waals surface area contributed by atoms with Crippen molar-refractivity contribution in [1.82, 2.24) is 15.1 Å². The topological polar surface area (TPSA) is 49.3 Å². The number of rotatable bonds is 8. The van der Waals surface area contributed by atoms with Gasteiger partial charge in [0.2, 0.25) is 0 Å². The Kier molecular flexibility index (Phi) is 8.53. The predicted octanol–water partition coefficient (Wildman–Crippen LogP) is 3.12. The van der Waals surface area contributed by atoms with Crippen LogP contribution in [0.3, 0.4) is 0 Å². The molecule has 1 N–H and O–H groups in total. The van der Waals surface area contributed by atoms with Gasteiger partial charge in [-0.2, -0.15) is 0 Å². The molecule has 0 atom stereocenters. The summed E-state index contributed by atoms with van der Waals surface area (Å²) in [7, 11) is 3.77. The van der Waals surface area contributed by atoms with Gasteiger partial charge in [0.1, 0.15) is 5.75 Å². The van der Waals surface area contributed by atoms with Crippen LogP contribution in [-0.4, -0.2) is 62.8 Å². The molecule has 6 nitrogen and oxygen atoms in total. The van der Waals surface area contributed by atoms with Crippen LogP contribution >= 0.6 is 0 Å². The Morgan fingerprint density at radius 3 is 2.43 bits per heavy atom. The maximum absolute atomic E-state index is 5.50. The summed E-state index contributed by atoms with van der Waals surface area (Å²) in [5, 5.41) is 3.42. The van der Waals surface area contributed by atoms with Gasteiger partial charge >= 0.3 is 0 Å². The molecule has 1 fully saturated rings. The summed E-state index contributed by atoms with van der Waals surface area (Å²) in [5.74, 6) is 1.79. The van der Waals surface area contributed by atoms with Crippen molar-refractivity contribution in [2.24, 2.45) is 4.99 Å². The molecule has 0 aromatic heterocycles. The van der Waals surface area contributed by atoms with Gasteiger partial charge in [-0.05, 0) is 24.1 Å². The van der Waals surface area contributed by atoms with Gasteiger partial charge < -0.3 is 19.7 Å². The van der Waals surface area contributed by atoms with Crippen molar-refractivity contribution >= 4 is 5.96 Å². The molecule has 30 heavy (non-hydrogen) atoms. The maximum Gasteiger partial charge on any atom is 0.194 e. The normalized spacial score (nSPS) is 15.1. The van der Waals surface area contributed by atoms with Crippen molar-refractivity contribution in [1.29, 1.82) is 0 Å². The lowest BCUT2D eigenvalue weighted by atomic mass is 10.1. The Labute approximate surface area is 180 Å². The predicted molar refractivity (Wildman–Crippen MR) is 122 cm³/mol. The average molecular weight is 411 g/mol. The zero-order valence-electron chi connectivity index (χ0n) is 18.4. The van der Waals surface area contributed by atoms with Crippen molar-refractivity contribution in [3.63, 3.8) is 0 Å². The third-order valence-electron chi connectivity index (χ3n) is 5.31. The molecule has 2 aromatic carbocycles. The molecule has 0 amide bonds. The van der Waals surface area contributed by atoms with E-state index in [9.17, 15) is 0 Å². The van der Waals surface area contributed by atoms with E-state index < -0.39 is 0 Å². The van der Waals surface area contributed by atoms with Crippen LogP contribution in [0.5, 0.6) is 5.75 Å². The van der Waals surface area contributed by atoms with E-state index in [-0.39, 0.29) is 0 Å². The molecule has 3 rings (SSSR count). The van der Waals surface area contributed by atoms with Crippen LogP contribution in [0.1, 0.15) is 23.6 Å². The lowest BCUT2D eigenvalue weighted by Gasteiger charge is -2.27. The first kappa shape index (κ1) is 22.1. The van der Waals surface area contributed by atoms with Gasteiger partial charge in [-0.25, -0.2) is 4.99 Å². The maximum atomic E-state index is 5.50. The van der Waals surface area contributed by atoms with Gasteiger partial charge in [0.15, 0.2) is 5.96 Å². The molecule has 1 aliphatic heterocycles. The monoisotopic (exact) mass is 410 g/mol. The Hall–Kier alpha value is -2.57. The molecular formula is C24H34N4O2. The van der Waals surface area contributed by atoms with Crippen molar-refractivity contribution in [2.45, 2.75) is 26.6 Å². The van der Waals surface area contributed by atoms with E-state index >= 15 is 0 Å². The highest BCUT2D eigenvalue weighted by molar-refractivity contribution is 5.79. The minimum absolute atomic E-state index is 0.652. The lowest BCUT2D eigenvalue weighted by Crippen LogP contribution is -2.38. The van der Waals surface area contributed by atoms with Crippen LogP contribution in [0.4, 0.5) is 0 Å². The number of nitrogens with one attached hydrogen (secondary N) is 1. The Morgan fingerprint density at radius 1 is 1.07 bits per heavy atom. The van der Waals surface area contributed by atoms with Crippen molar-refractivity contribution in [3.8, 4) is 5.75 Å². The van der Waals surface area contributed by atoms with E-state index in [0.29, 0.717) is 6.54 Å². The van der Waals surface area contributed by atoms with Crippen LogP contribution in [0.2, 0.25) is 0 Å². The molecule has 1 saturated heterocycles. The molecular weight excluding hydrogens is 376 g/mol. The Balaban J connectivity index is 1.71. The van der Waals surface area contributed by atoms with Gasteiger partial charge in [0, 0.05) is 45.3 Å². The van der Waals surface area contributed by atoms with Crippen LogP contribution in [-0.2, 0) is 24.4 Å². The van der Waals surface area contributed by atoms with E-state index in [4.69, 9.17) is 14.5 Å². The molecule has 162 valence electrons. The fourth-order valence-corrected chi connectivity index (χ4v) is 3.66. The lowest BCUT2D eigenvalue weighted by molar-refractivity contribution is 0.0341. The largest absolute Gasteiger partial charge is 0.496 e. The number of guanidine groups is 1. The van der Waals surface area contributed by atoms with Gasteiger partial charge in [0.05, 0.1) is 26.9 Å². The fraction of sp³-hybridized carbons (Fsp3) is 0.458. The second-order valence-electron chi connectivity index (χ2n) is 7.50. The highest BCUT2D eigenvalue weighted by Crippen LogP contribution is 2.19. The molecule has 0 bridgehead atoms. The highest BCUT2D eigenvalue weighted by atomic mass is 16.5. The van der Waals surface area contributed by atoms with E-state index in [1.807, 2.05) is 18.2 Å². The van der Waals surface area contributed by atoms with E-state index in [2.05, 4.69) is 59.4 Å². The standard InChI is InChI=1S/C24H34N4O2/c1-4-25-24(27(2)18-22-11-7-8-12-23(22)29-3)26-17-20-9-5-6-10-21(20)19-28-13-15-30-16-14-28/h5-12H,4,13-19H2,1-3H3,(H,25,26). The molecule has 0 saturated carbocycles. The summed E-state index contributed by atoms with van der Waals surface area (Å²) in [6.45, 7) is 8.86. The van der Waals surface area contributed by atoms with E-state index in [1.54, 1.807) is 7.11 Å². The van der Waals surface area contributed by atoms with Crippen molar-refractivity contribution < 1.29 is 9.47 Å². The number of hydrogen-bond acceptors (Lipinski definition) is 4. The van der Waals surface area contributed by atoms with Gasteiger partial charge in [-0.1, -0.05) is 42.5 Å². The quantitative estimate of drug-likeness (QED) is 0.535. The summed E-state index contributed by atoms with van der Waals surface area (Å²) in [6, 6.07) is 16.7. The van der Waals surface area contributed by atoms with Gasteiger partial charge in [0.25, 0.3) is 0 Å². The van der Waals surface area contributed by atoms with Crippen LogP contribution < -0.4 is 10.1 Å². The fourth-order valence-electron chi connectivity index (χ4n) is 3.66.